The van der Waals surface area contributed by atoms with E-state index in [0.29, 0.717) is 17.9 Å². The zero-order valence-electron chi connectivity index (χ0n) is 7.42. The number of nitrogens with one attached hydrogen (secondary N) is 1. The van der Waals surface area contributed by atoms with Crippen molar-refractivity contribution in [2.45, 2.75) is 6.42 Å². The van der Waals surface area contributed by atoms with Gasteiger partial charge in [0.15, 0.2) is 5.65 Å². The average molecular weight is 206 g/mol. The Bertz CT molecular complexity index is 493. The van der Waals surface area contributed by atoms with Crippen LogP contribution < -0.4 is 0 Å². The molecule has 0 unspecified atom stereocenters. The van der Waals surface area contributed by atoms with Gasteiger partial charge < -0.3 is 4.98 Å². The molecule has 0 atom stereocenters. The van der Waals surface area contributed by atoms with Crippen molar-refractivity contribution >= 4 is 22.8 Å². The third kappa shape index (κ3) is 1.86. The minimum atomic E-state index is 0.562. The van der Waals surface area contributed by atoms with Crippen LogP contribution in [-0.2, 0) is 0 Å². The Morgan fingerprint density at radius 2 is 2.36 bits per heavy atom. The Kier molecular flexibility index (Phi) is 2.66. The number of hydrogen-bond donors (Lipinski definition) is 1. The fourth-order valence-electron chi connectivity index (χ4n) is 1.11. The number of aromatic nitrogens is 3. The van der Waals surface area contributed by atoms with E-state index in [9.17, 15) is 0 Å². The first kappa shape index (κ1) is 9.04. The number of imidazole rings is 1. The molecule has 4 heteroatoms. The molecule has 0 amide bonds. The summed E-state index contributed by atoms with van der Waals surface area (Å²) in [5.74, 6) is 6.50. The summed E-state index contributed by atoms with van der Waals surface area (Å²) in [7, 11) is 0. The van der Waals surface area contributed by atoms with E-state index < -0.39 is 0 Å². The molecule has 0 aliphatic heterocycles. The molecule has 2 aromatic heterocycles. The number of hydrogen-bond acceptors (Lipinski definition) is 2. The summed E-state index contributed by atoms with van der Waals surface area (Å²) in [6, 6.07) is 1.93. The smallest absolute Gasteiger partial charge is 0.177 e. The van der Waals surface area contributed by atoms with Crippen LogP contribution in [0.5, 0.6) is 0 Å². The van der Waals surface area contributed by atoms with Gasteiger partial charge in [-0.05, 0) is 6.07 Å². The fraction of sp³-hybridized carbons (Fsp3) is 0.200. The number of halogens is 1. The Morgan fingerprint density at radius 1 is 1.43 bits per heavy atom. The van der Waals surface area contributed by atoms with Crippen LogP contribution in [0.1, 0.15) is 12.0 Å². The normalized spacial score (nSPS) is 9.79. The first-order chi connectivity index (χ1) is 6.90. The lowest BCUT2D eigenvalue weighted by molar-refractivity contribution is 1.28. The molecule has 2 aromatic rings. The molecule has 0 aromatic carbocycles. The molecule has 0 saturated carbocycles. The van der Waals surface area contributed by atoms with Crippen molar-refractivity contribution in [1.82, 2.24) is 15.0 Å². The van der Waals surface area contributed by atoms with Crippen LogP contribution in [0.4, 0.5) is 0 Å². The molecule has 2 heterocycles. The van der Waals surface area contributed by atoms with Crippen LogP contribution in [0, 0.1) is 11.8 Å². The largest absolute Gasteiger partial charge is 0.343 e. The molecule has 0 aliphatic carbocycles. The maximum absolute atomic E-state index is 5.51. The van der Waals surface area contributed by atoms with E-state index in [1.807, 2.05) is 6.07 Å². The highest BCUT2D eigenvalue weighted by Crippen LogP contribution is 2.06. The first-order valence-electron chi connectivity index (χ1n) is 4.24. The molecule has 1 N–H and O–H groups in total. The van der Waals surface area contributed by atoms with Crippen LogP contribution in [0.25, 0.3) is 11.2 Å². The Labute approximate surface area is 86.5 Å². The summed E-state index contributed by atoms with van der Waals surface area (Å²) >= 11 is 5.51. The van der Waals surface area contributed by atoms with Crippen LogP contribution in [-0.4, -0.2) is 20.8 Å². The number of pyridine rings is 1. The Hall–Kier alpha value is -1.53. The number of H-pyrrole nitrogens is 1. The summed E-state index contributed by atoms with van der Waals surface area (Å²) in [4.78, 5) is 11.1. The average Bonchev–Trinajstić information content (AvgIpc) is 2.65. The molecular weight excluding hydrogens is 198 g/mol. The number of fused-ring (bicyclic) bond motifs is 1. The van der Waals surface area contributed by atoms with E-state index in [1.54, 1.807) is 12.5 Å². The van der Waals surface area contributed by atoms with Gasteiger partial charge in [-0.1, -0.05) is 11.8 Å². The maximum Gasteiger partial charge on any atom is 0.177 e. The van der Waals surface area contributed by atoms with Gasteiger partial charge in [0.2, 0.25) is 0 Å². The summed E-state index contributed by atoms with van der Waals surface area (Å²) in [5, 5.41) is 0. The second-order valence-corrected chi connectivity index (χ2v) is 3.12. The van der Waals surface area contributed by atoms with E-state index in [0.717, 1.165) is 11.1 Å². The third-order valence-electron chi connectivity index (χ3n) is 1.73. The molecule has 2 rings (SSSR count). The van der Waals surface area contributed by atoms with Crippen LogP contribution in [0.2, 0.25) is 0 Å². The minimum absolute atomic E-state index is 0.562. The highest BCUT2D eigenvalue weighted by atomic mass is 35.5. The second-order valence-electron chi connectivity index (χ2n) is 2.74. The van der Waals surface area contributed by atoms with Crippen LogP contribution in [0.15, 0.2) is 18.6 Å². The van der Waals surface area contributed by atoms with Crippen molar-refractivity contribution in [3.05, 3.63) is 24.2 Å². The molecule has 0 bridgehead atoms. The van der Waals surface area contributed by atoms with Gasteiger partial charge in [0.1, 0.15) is 0 Å². The number of alkyl halides is 1. The van der Waals surface area contributed by atoms with Gasteiger partial charge in [-0.2, -0.15) is 0 Å². The van der Waals surface area contributed by atoms with Crippen molar-refractivity contribution in [2.75, 3.05) is 5.88 Å². The minimum Gasteiger partial charge on any atom is -0.343 e. The Morgan fingerprint density at radius 3 is 3.21 bits per heavy atom. The van der Waals surface area contributed by atoms with Crippen molar-refractivity contribution in [2.24, 2.45) is 0 Å². The second kappa shape index (κ2) is 4.12. The lowest BCUT2D eigenvalue weighted by atomic mass is 10.2. The lowest BCUT2D eigenvalue weighted by Gasteiger charge is -1.89. The molecule has 0 aliphatic rings. The van der Waals surface area contributed by atoms with E-state index in [-0.39, 0.29) is 0 Å². The lowest BCUT2D eigenvalue weighted by Crippen LogP contribution is -1.80. The number of rotatable bonds is 1. The summed E-state index contributed by atoms with van der Waals surface area (Å²) in [5.41, 5.74) is 2.50. The van der Waals surface area contributed by atoms with E-state index in [4.69, 9.17) is 11.6 Å². The summed E-state index contributed by atoms with van der Waals surface area (Å²) in [6.45, 7) is 0. The van der Waals surface area contributed by atoms with Gasteiger partial charge in [-0.25, -0.2) is 9.97 Å². The van der Waals surface area contributed by atoms with Gasteiger partial charge in [0.05, 0.1) is 11.8 Å². The van der Waals surface area contributed by atoms with Gasteiger partial charge in [0.25, 0.3) is 0 Å². The summed E-state index contributed by atoms with van der Waals surface area (Å²) in [6.07, 6.45) is 4.03. The van der Waals surface area contributed by atoms with Gasteiger partial charge >= 0.3 is 0 Å². The first-order valence-corrected chi connectivity index (χ1v) is 4.77. The molecule has 0 saturated heterocycles. The third-order valence-corrected chi connectivity index (χ3v) is 1.91. The van der Waals surface area contributed by atoms with Crippen molar-refractivity contribution in [3.8, 4) is 11.8 Å². The predicted octanol–water partition coefficient (Wildman–Crippen LogP) is 1.94. The monoisotopic (exact) mass is 205 g/mol. The van der Waals surface area contributed by atoms with Gasteiger partial charge in [0, 0.05) is 24.1 Å². The molecule has 0 spiro atoms. The summed E-state index contributed by atoms with van der Waals surface area (Å²) < 4.78 is 0. The number of aromatic amines is 1. The maximum atomic E-state index is 5.51. The van der Waals surface area contributed by atoms with Gasteiger partial charge in [-0.3, -0.25) is 0 Å². The molecular formula is C10H8ClN3. The zero-order valence-corrected chi connectivity index (χ0v) is 8.17. The molecule has 0 fully saturated rings. The highest BCUT2D eigenvalue weighted by molar-refractivity contribution is 6.18. The fourth-order valence-corrected chi connectivity index (χ4v) is 1.20. The zero-order chi connectivity index (χ0) is 9.80. The molecule has 3 nitrogen and oxygen atoms in total. The van der Waals surface area contributed by atoms with E-state index in [1.165, 1.54) is 0 Å². The molecule has 70 valence electrons. The van der Waals surface area contributed by atoms with Crippen molar-refractivity contribution in [1.29, 1.82) is 0 Å². The quantitative estimate of drug-likeness (QED) is 0.571. The highest BCUT2D eigenvalue weighted by Gasteiger charge is 1.96. The van der Waals surface area contributed by atoms with Crippen molar-refractivity contribution < 1.29 is 0 Å². The van der Waals surface area contributed by atoms with Gasteiger partial charge in [-0.15, -0.1) is 11.6 Å². The topological polar surface area (TPSA) is 41.6 Å². The standard InChI is InChI=1S/C10H8ClN3/c11-4-2-1-3-8-5-9-10(12-6-8)14-7-13-9/h5-7H,2,4H2,(H,12,13,14). The van der Waals surface area contributed by atoms with Crippen LogP contribution >= 0.6 is 11.6 Å². The van der Waals surface area contributed by atoms with E-state index >= 15 is 0 Å². The molecule has 0 radical (unpaired) electrons. The van der Waals surface area contributed by atoms with E-state index in [2.05, 4.69) is 26.8 Å². The SMILES string of the molecule is ClCCC#Cc1cnc2nc[nH]c2c1. The molecule has 14 heavy (non-hydrogen) atoms. The predicted molar refractivity (Wildman–Crippen MR) is 56.1 cm³/mol. The Balaban J connectivity index is 2.31. The number of nitrogens with zero attached hydrogens (tertiary/aromatic N) is 2. The van der Waals surface area contributed by atoms with Crippen LogP contribution in [0.3, 0.4) is 0 Å². The van der Waals surface area contributed by atoms with Crippen molar-refractivity contribution in [3.63, 3.8) is 0 Å².